The van der Waals surface area contributed by atoms with Crippen molar-refractivity contribution in [1.82, 2.24) is 9.97 Å². The second kappa shape index (κ2) is 7.20. The summed E-state index contributed by atoms with van der Waals surface area (Å²) >= 11 is 0. The molecule has 0 radical (unpaired) electrons. The molecule has 2 heterocycles. The summed E-state index contributed by atoms with van der Waals surface area (Å²) in [5.74, 6) is 0.200. The van der Waals surface area contributed by atoms with E-state index in [0.717, 1.165) is 16.7 Å². The van der Waals surface area contributed by atoms with Gasteiger partial charge in [-0.05, 0) is 35.4 Å². The Bertz CT molecular complexity index is 1130. The molecule has 0 aliphatic heterocycles. The number of nitrogen functional groups attached to an aromatic ring is 1. The molecule has 0 aliphatic carbocycles. The fourth-order valence-corrected chi connectivity index (χ4v) is 2.82. The van der Waals surface area contributed by atoms with Crippen LogP contribution >= 0.6 is 0 Å². The molecular formula is C20H15N5O3. The number of benzene rings is 2. The molecule has 0 unspecified atom stereocenters. The van der Waals surface area contributed by atoms with E-state index < -0.39 is 4.92 Å². The monoisotopic (exact) mass is 373 g/mol. The number of furan rings is 1. The molecule has 0 aliphatic rings. The number of nitro benzene ring substituents is 1. The first-order chi connectivity index (χ1) is 13.6. The first-order valence-corrected chi connectivity index (χ1v) is 8.36. The van der Waals surface area contributed by atoms with Crippen molar-refractivity contribution in [3.63, 3.8) is 0 Å². The third-order valence-corrected chi connectivity index (χ3v) is 4.20. The van der Waals surface area contributed by atoms with Gasteiger partial charge in [0.2, 0.25) is 5.95 Å². The Kier molecular flexibility index (Phi) is 4.43. The van der Waals surface area contributed by atoms with Gasteiger partial charge in [-0.25, -0.2) is 9.97 Å². The number of nitrogens with zero attached hydrogens (tertiary/aromatic N) is 3. The molecule has 2 aromatic heterocycles. The van der Waals surface area contributed by atoms with E-state index >= 15 is 0 Å². The zero-order valence-corrected chi connectivity index (χ0v) is 14.6. The predicted octanol–water partition coefficient (Wildman–Crippen LogP) is 4.64. The average molecular weight is 373 g/mol. The molecule has 3 N–H and O–H groups in total. The molecule has 8 nitrogen and oxygen atoms in total. The predicted molar refractivity (Wildman–Crippen MR) is 106 cm³/mol. The van der Waals surface area contributed by atoms with E-state index in [1.165, 1.54) is 12.3 Å². The van der Waals surface area contributed by atoms with Gasteiger partial charge in [-0.2, -0.15) is 0 Å². The number of hydrogen-bond acceptors (Lipinski definition) is 7. The zero-order chi connectivity index (χ0) is 19.5. The summed E-state index contributed by atoms with van der Waals surface area (Å²) in [6, 6.07) is 14.2. The van der Waals surface area contributed by atoms with Crippen LogP contribution in [0.1, 0.15) is 0 Å². The van der Waals surface area contributed by atoms with E-state index in [1.54, 1.807) is 36.9 Å². The lowest BCUT2D eigenvalue weighted by molar-refractivity contribution is -0.383. The molecule has 28 heavy (non-hydrogen) atoms. The molecule has 138 valence electrons. The molecule has 0 fully saturated rings. The summed E-state index contributed by atoms with van der Waals surface area (Å²) in [5.41, 5.74) is 9.73. The zero-order valence-electron chi connectivity index (χ0n) is 14.6. The van der Waals surface area contributed by atoms with Crippen LogP contribution in [0.5, 0.6) is 0 Å². The first kappa shape index (κ1) is 17.2. The number of anilines is 3. The summed E-state index contributed by atoms with van der Waals surface area (Å²) in [5, 5.41) is 14.7. The summed E-state index contributed by atoms with van der Waals surface area (Å²) in [6.45, 7) is 0. The number of hydrogen-bond donors (Lipinski definition) is 2. The van der Waals surface area contributed by atoms with Crippen LogP contribution in [0.4, 0.5) is 23.0 Å². The highest BCUT2D eigenvalue weighted by Crippen LogP contribution is 2.33. The second-order valence-corrected chi connectivity index (χ2v) is 6.04. The highest BCUT2D eigenvalue weighted by atomic mass is 16.6. The number of aromatic nitrogens is 2. The molecule has 0 spiro atoms. The van der Waals surface area contributed by atoms with Crippen molar-refractivity contribution in [3.05, 3.63) is 83.6 Å². The standard InChI is InChI=1S/C20H15N5O3/c21-20-22-10-16(11-23-20)13-2-1-3-17(8-13)24-18-5-4-14(9-19(18)25(26)27)15-6-7-28-12-15/h1-12,24H,(H2,21,22,23). The van der Waals surface area contributed by atoms with Crippen LogP contribution in [0.2, 0.25) is 0 Å². The number of nitrogens with one attached hydrogen (secondary N) is 1. The molecule has 8 heteroatoms. The lowest BCUT2D eigenvalue weighted by atomic mass is 10.1. The van der Waals surface area contributed by atoms with Crippen LogP contribution in [-0.2, 0) is 0 Å². The molecular weight excluding hydrogens is 358 g/mol. The Labute approximate surface area is 159 Å². The minimum Gasteiger partial charge on any atom is -0.472 e. The van der Waals surface area contributed by atoms with Crippen LogP contribution in [0, 0.1) is 10.1 Å². The van der Waals surface area contributed by atoms with Crippen LogP contribution in [-0.4, -0.2) is 14.9 Å². The molecule has 0 amide bonds. The summed E-state index contributed by atoms with van der Waals surface area (Å²) in [6.07, 6.45) is 6.33. The number of nitro groups is 1. The maximum absolute atomic E-state index is 11.6. The van der Waals surface area contributed by atoms with Gasteiger partial charge < -0.3 is 15.5 Å². The number of nitrogens with two attached hydrogens (primary N) is 1. The molecule has 0 bridgehead atoms. The minimum atomic E-state index is -0.413. The normalized spacial score (nSPS) is 10.6. The van der Waals surface area contributed by atoms with E-state index in [1.807, 2.05) is 24.3 Å². The third kappa shape index (κ3) is 3.51. The van der Waals surface area contributed by atoms with Crippen molar-refractivity contribution in [2.75, 3.05) is 11.1 Å². The third-order valence-electron chi connectivity index (χ3n) is 4.20. The quantitative estimate of drug-likeness (QED) is 0.386. The fourth-order valence-electron chi connectivity index (χ4n) is 2.82. The lowest BCUT2D eigenvalue weighted by Crippen LogP contribution is -1.98. The van der Waals surface area contributed by atoms with Crippen molar-refractivity contribution >= 4 is 23.0 Å². The molecule has 2 aromatic carbocycles. The smallest absolute Gasteiger partial charge is 0.293 e. The summed E-state index contributed by atoms with van der Waals surface area (Å²) in [4.78, 5) is 19.1. The summed E-state index contributed by atoms with van der Waals surface area (Å²) < 4.78 is 5.05. The summed E-state index contributed by atoms with van der Waals surface area (Å²) in [7, 11) is 0. The van der Waals surface area contributed by atoms with Gasteiger partial charge in [0.1, 0.15) is 5.69 Å². The Morgan fingerprint density at radius 2 is 1.75 bits per heavy atom. The lowest BCUT2D eigenvalue weighted by Gasteiger charge is -2.10. The molecule has 0 saturated heterocycles. The number of rotatable bonds is 5. The van der Waals surface area contributed by atoms with Gasteiger partial charge in [0, 0.05) is 35.3 Å². The largest absolute Gasteiger partial charge is 0.472 e. The van der Waals surface area contributed by atoms with Crippen LogP contribution < -0.4 is 11.1 Å². The van der Waals surface area contributed by atoms with Crippen molar-refractivity contribution in [2.24, 2.45) is 0 Å². The highest BCUT2D eigenvalue weighted by Gasteiger charge is 2.16. The molecule has 4 rings (SSSR count). The van der Waals surface area contributed by atoms with Gasteiger partial charge in [-0.1, -0.05) is 18.2 Å². The Morgan fingerprint density at radius 3 is 2.46 bits per heavy atom. The molecule has 0 atom stereocenters. The van der Waals surface area contributed by atoms with Gasteiger partial charge in [0.05, 0.1) is 17.4 Å². The van der Waals surface area contributed by atoms with Crippen molar-refractivity contribution in [1.29, 1.82) is 0 Å². The van der Waals surface area contributed by atoms with Crippen LogP contribution in [0.25, 0.3) is 22.3 Å². The van der Waals surface area contributed by atoms with Gasteiger partial charge in [0.15, 0.2) is 0 Å². The van der Waals surface area contributed by atoms with Gasteiger partial charge in [-0.15, -0.1) is 0 Å². The average Bonchev–Trinajstić information content (AvgIpc) is 3.24. The molecule has 0 saturated carbocycles. The van der Waals surface area contributed by atoms with Crippen molar-refractivity contribution in [2.45, 2.75) is 0 Å². The van der Waals surface area contributed by atoms with Gasteiger partial charge >= 0.3 is 0 Å². The second-order valence-electron chi connectivity index (χ2n) is 6.04. The maximum Gasteiger partial charge on any atom is 0.293 e. The van der Waals surface area contributed by atoms with E-state index in [-0.39, 0.29) is 11.6 Å². The van der Waals surface area contributed by atoms with E-state index in [0.29, 0.717) is 16.9 Å². The van der Waals surface area contributed by atoms with Crippen LogP contribution in [0.15, 0.2) is 77.9 Å². The Morgan fingerprint density at radius 1 is 0.964 bits per heavy atom. The first-order valence-electron chi connectivity index (χ1n) is 8.36. The van der Waals surface area contributed by atoms with E-state index in [4.69, 9.17) is 10.2 Å². The maximum atomic E-state index is 11.6. The van der Waals surface area contributed by atoms with Crippen molar-refractivity contribution < 1.29 is 9.34 Å². The van der Waals surface area contributed by atoms with Gasteiger partial charge in [0.25, 0.3) is 5.69 Å². The van der Waals surface area contributed by atoms with E-state index in [2.05, 4.69) is 15.3 Å². The van der Waals surface area contributed by atoms with E-state index in [9.17, 15) is 10.1 Å². The Hall–Kier alpha value is -4.20. The van der Waals surface area contributed by atoms with Gasteiger partial charge in [-0.3, -0.25) is 10.1 Å². The SMILES string of the molecule is Nc1ncc(-c2cccc(Nc3ccc(-c4ccoc4)cc3[N+](=O)[O-])c2)cn1. The Balaban J connectivity index is 1.66. The highest BCUT2D eigenvalue weighted by molar-refractivity contribution is 5.78. The van der Waals surface area contributed by atoms with Crippen LogP contribution in [0.3, 0.4) is 0 Å². The minimum absolute atomic E-state index is 0.0279. The topological polar surface area (TPSA) is 120 Å². The van der Waals surface area contributed by atoms with Crippen molar-refractivity contribution in [3.8, 4) is 22.3 Å². The molecule has 4 aromatic rings. The fraction of sp³-hybridized carbons (Fsp3) is 0.